The van der Waals surface area contributed by atoms with E-state index in [4.69, 9.17) is 5.11 Å². The van der Waals surface area contributed by atoms with Crippen LogP contribution in [0.25, 0.3) is 0 Å². The van der Waals surface area contributed by atoms with Gasteiger partial charge >= 0.3 is 6.17 Å². The number of nitrogens with zero attached hydrogens (tertiary/aromatic N) is 2. The predicted octanol–water partition coefficient (Wildman–Crippen LogP) is -0.989. The van der Waals surface area contributed by atoms with E-state index in [0.717, 1.165) is 0 Å². The van der Waals surface area contributed by atoms with E-state index < -0.39 is 22.6 Å². The zero-order chi connectivity index (χ0) is 7.44. The molecule has 0 amide bonds. The summed E-state index contributed by atoms with van der Waals surface area (Å²) in [5.41, 5.74) is 0. The van der Waals surface area contributed by atoms with Crippen molar-refractivity contribution in [2.75, 3.05) is 6.61 Å². The summed E-state index contributed by atoms with van der Waals surface area (Å²) in [6.45, 7) is -1.07. The molecule has 8 heteroatoms. The third-order valence-corrected chi connectivity index (χ3v) is 0.650. The molecule has 0 aliphatic rings. The molecule has 0 rings (SSSR count). The van der Waals surface area contributed by atoms with Crippen molar-refractivity contribution in [1.82, 2.24) is 0 Å². The summed E-state index contributed by atoms with van der Waals surface area (Å²) < 4.78 is 0. The van der Waals surface area contributed by atoms with Crippen LogP contribution in [0, 0.1) is 20.2 Å². The fraction of sp³-hybridized carbons (Fsp3) is 1.00. The van der Waals surface area contributed by atoms with Crippen LogP contribution in [0.5, 0.6) is 0 Å². The maximum Gasteiger partial charge on any atom is 0.472 e. The minimum absolute atomic E-state index is 0. The Morgan fingerprint density at radius 3 is 1.60 bits per heavy atom. The molecule has 1 N–H and O–H groups in total. The highest BCUT2D eigenvalue weighted by Crippen LogP contribution is 1.87. The standard InChI is InChI=1S/C2H4N2O5.FH/c5-1-2(3(6)7)4(8)9;/h2,5H,1H2;1H. The highest BCUT2D eigenvalue weighted by atomic mass is 19.0. The number of aliphatic hydroxyl groups excluding tert-OH is 1. The topological polar surface area (TPSA) is 107 Å². The molecule has 0 aliphatic heterocycles. The smallest absolute Gasteiger partial charge is 0.382 e. The Hall–Kier alpha value is -1.31. The number of aliphatic hydroxyl groups is 1. The summed E-state index contributed by atoms with van der Waals surface area (Å²) >= 11 is 0. The van der Waals surface area contributed by atoms with E-state index in [2.05, 4.69) is 0 Å². The summed E-state index contributed by atoms with van der Waals surface area (Å²) in [7, 11) is 0. The molecular weight excluding hydrogens is 151 g/mol. The Morgan fingerprint density at radius 2 is 1.60 bits per heavy atom. The molecule has 0 bridgehead atoms. The van der Waals surface area contributed by atoms with E-state index in [1.54, 1.807) is 0 Å². The van der Waals surface area contributed by atoms with Crippen LogP contribution in [0.4, 0.5) is 4.70 Å². The van der Waals surface area contributed by atoms with E-state index in [1.165, 1.54) is 0 Å². The molecule has 10 heavy (non-hydrogen) atoms. The lowest BCUT2D eigenvalue weighted by atomic mass is 10.6. The largest absolute Gasteiger partial charge is 0.472 e. The molecule has 0 aromatic carbocycles. The molecule has 0 heterocycles. The lowest BCUT2D eigenvalue weighted by Crippen LogP contribution is -2.32. The normalized spacial score (nSPS) is 8.60. The minimum atomic E-state index is -2.08. The first-order valence-corrected chi connectivity index (χ1v) is 1.97. The average Bonchev–Trinajstić information content (AvgIpc) is 1.64. The van der Waals surface area contributed by atoms with Crippen LogP contribution in [0.15, 0.2) is 0 Å². The summed E-state index contributed by atoms with van der Waals surface area (Å²) in [6.07, 6.45) is -2.08. The molecule has 0 aromatic heterocycles. The van der Waals surface area contributed by atoms with Gasteiger partial charge in [-0.25, -0.2) is 0 Å². The molecule has 0 aliphatic carbocycles. The monoisotopic (exact) mass is 156 g/mol. The van der Waals surface area contributed by atoms with Crippen LogP contribution in [0.1, 0.15) is 0 Å². The SMILES string of the molecule is F.O=[N+]([O-])C(CO)[N+](=O)[O-]. The van der Waals surface area contributed by atoms with Gasteiger partial charge in [-0.05, 0) is 0 Å². The second-order valence-electron chi connectivity index (χ2n) is 1.23. The molecule has 0 atom stereocenters. The number of hydrogen-bond acceptors (Lipinski definition) is 5. The van der Waals surface area contributed by atoms with Crippen molar-refractivity contribution in [3.63, 3.8) is 0 Å². The van der Waals surface area contributed by atoms with Gasteiger partial charge in [0.25, 0.3) is 0 Å². The zero-order valence-electron chi connectivity index (χ0n) is 4.67. The Bertz CT molecular complexity index is 124. The Labute approximate surface area is 53.9 Å². The maximum atomic E-state index is 9.58. The Morgan fingerprint density at radius 1 is 1.30 bits per heavy atom. The Balaban J connectivity index is 0. The van der Waals surface area contributed by atoms with Crippen LogP contribution in [-0.2, 0) is 0 Å². The van der Waals surface area contributed by atoms with Crippen molar-refractivity contribution >= 4 is 0 Å². The van der Waals surface area contributed by atoms with E-state index in [9.17, 15) is 20.2 Å². The quantitative estimate of drug-likeness (QED) is 0.320. The molecule has 0 saturated carbocycles. The van der Waals surface area contributed by atoms with Crippen molar-refractivity contribution in [3.8, 4) is 0 Å². The third-order valence-electron chi connectivity index (χ3n) is 0.650. The van der Waals surface area contributed by atoms with Crippen molar-refractivity contribution in [2.45, 2.75) is 6.17 Å². The van der Waals surface area contributed by atoms with Crippen molar-refractivity contribution in [2.24, 2.45) is 0 Å². The van der Waals surface area contributed by atoms with E-state index in [-0.39, 0.29) is 4.70 Å². The first kappa shape index (κ1) is 11.5. The third kappa shape index (κ3) is 2.87. The van der Waals surface area contributed by atoms with Gasteiger partial charge in [-0.3, -0.25) is 24.9 Å². The minimum Gasteiger partial charge on any atom is -0.382 e. The van der Waals surface area contributed by atoms with E-state index in [1.807, 2.05) is 0 Å². The lowest BCUT2D eigenvalue weighted by Gasteiger charge is -1.94. The van der Waals surface area contributed by atoms with Gasteiger partial charge in [0.05, 0.1) is 9.85 Å². The van der Waals surface area contributed by atoms with Gasteiger partial charge < -0.3 is 5.11 Å². The van der Waals surface area contributed by atoms with Gasteiger partial charge in [0.1, 0.15) is 0 Å². The molecular formula is C2H5FN2O5. The second kappa shape index (κ2) is 4.56. The van der Waals surface area contributed by atoms with Crippen LogP contribution < -0.4 is 0 Å². The number of rotatable bonds is 3. The fourth-order valence-corrected chi connectivity index (χ4v) is 0.210. The summed E-state index contributed by atoms with van der Waals surface area (Å²) in [5, 5.41) is 27.1. The molecule has 0 unspecified atom stereocenters. The first-order chi connectivity index (χ1) is 4.09. The van der Waals surface area contributed by atoms with Gasteiger partial charge in [-0.2, -0.15) is 0 Å². The molecule has 7 nitrogen and oxygen atoms in total. The van der Waals surface area contributed by atoms with E-state index in [0.29, 0.717) is 0 Å². The fourth-order valence-electron chi connectivity index (χ4n) is 0.210. The number of nitro groups is 2. The van der Waals surface area contributed by atoms with Crippen molar-refractivity contribution in [3.05, 3.63) is 20.2 Å². The van der Waals surface area contributed by atoms with Gasteiger partial charge in [-0.1, -0.05) is 0 Å². The zero-order valence-corrected chi connectivity index (χ0v) is 4.67. The van der Waals surface area contributed by atoms with Crippen molar-refractivity contribution in [1.29, 1.82) is 0 Å². The van der Waals surface area contributed by atoms with Gasteiger partial charge in [-0.15, -0.1) is 0 Å². The summed E-state index contributed by atoms with van der Waals surface area (Å²) in [5.74, 6) is 0. The highest BCUT2D eigenvalue weighted by Gasteiger charge is 2.30. The Kier molecular flexibility index (Phi) is 5.23. The first-order valence-electron chi connectivity index (χ1n) is 1.97. The van der Waals surface area contributed by atoms with Crippen LogP contribution in [-0.4, -0.2) is 27.7 Å². The molecule has 0 aromatic rings. The van der Waals surface area contributed by atoms with Gasteiger partial charge in [0, 0.05) is 0 Å². The lowest BCUT2D eigenvalue weighted by molar-refractivity contribution is -0.743. The molecule has 0 saturated heterocycles. The maximum absolute atomic E-state index is 9.58. The molecule has 0 spiro atoms. The molecule has 0 radical (unpaired) electrons. The van der Waals surface area contributed by atoms with Crippen molar-refractivity contribution < 1.29 is 19.7 Å². The van der Waals surface area contributed by atoms with Gasteiger partial charge in [0.15, 0.2) is 6.61 Å². The van der Waals surface area contributed by atoms with E-state index >= 15 is 0 Å². The highest BCUT2D eigenvalue weighted by molar-refractivity contribution is 4.32. The molecule has 0 fully saturated rings. The number of halogens is 1. The van der Waals surface area contributed by atoms with Crippen LogP contribution >= 0.6 is 0 Å². The second-order valence-corrected chi connectivity index (χ2v) is 1.23. The average molecular weight is 156 g/mol. The van der Waals surface area contributed by atoms with Crippen LogP contribution in [0.3, 0.4) is 0 Å². The summed E-state index contributed by atoms with van der Waals surface area (Å²) in [6, 6.07) is 0. The number of hydrogen-bond donors (Lipinski definition) is 1. The van der Waals surface area contributed by atoms with Crippen LogP contribution in [0.2, 0.25) is 0 Å². The summed E-state index contributed by atoms with van der Waals surface area (Å²) in [4.78, 5) is 16.8. The molecule has 60 valence electrons. The predicted molar refractivity (Wildman–Crippen MR) is 27.4 cm³/mol. The van der Waals surface area contributed by atoms with Gasteiger partial charge in [0.2, 0.25) is 0 Å².